The first kappa shape index (κ1) is 8.77. The third-order valence-electron chi connectivity index (χ3n) is 1.83. The Morgan fingerprint density at radius 1 is 1.07 bits per heavy atom. The highest BCUT2D eigenvalue weighted by molar-refractivity contribution is 5.18. The van der Waals surface area contributed by atoms with Crippen LogP contribution in [0.5, 0.6) is 0 Å². The predicted octanol–water partition coefficient (Wildman–Crippen LogP) is 0.953. The van der Waals surface area contributed by atoms with E-state index >= 15 is 0 Å². The summed E-state index contributed by atoms with van der Waals surface area (Å²) >= 11 is 0. The Morgan fingerprint density at radius 3 is 2.50 bits per heavy atom. The summed E-state index contributed by atoms with van der Waals surface area (Å²) in [7, 11) is 0. The Morgan fingerprint density at radius 2 is 1.86 bits per heavy atom. The van der Waals surface area contributed by atoms with Crippen molar-refractivity contribution in [3.63, 3.8) is 0 Å². The Bertz CT molecular complexity index is 351. The van der Waals surface area contributed by atoms with Crippen LogP contribution in [-0.2, 0) is 0 Å². The fraction of sp³-hybridized carbons (Fsp3) is 0.100. The lowest BCUT2D eigenvalue weighted by Gasteiger charge is -2.07. The summed E-state index contributed by atoms with van der Waals surface area (Å²) in [6, 6.07) is 5.26. The van der Waals surface area contributed by atoms with Crippen LogP contribution in [0.4, 0.5) is 0 Å². The molecule has 4 nitrogen and oxygen atoms in total. The summed E-state index contributed by atoms with van der Waals surface area (Å²) in [6.45, 7) is 0. The maximum absolute atomic E-state index is 9.83. The summed E-state index contributed by atoms with van der Waals surface area (Å²) in [4.78, 5) is 11.8. The molecule has 0 saturated heterocycles. The molecule has 14 heavy (non-hydrogen) atoms. The van der Waals surface area contributed by atoms with Gasteiger partial charge in [0.05, 0.1) is 0 Å². The molecule has 70 valence electrons. The summed E-state index contributed by atoms with van der Waals surface area (Å²) in [5.74, 6) is 0.389. The largest absolute Gasteiger partial charge is 0.380 e. The van der Waals surface area contributed by atoms with Crippen molar-refractivity contribution >= 4 is 0 Å². The number of hydrogen-bond donors (Lipinski definition) is 1. The van der Waals surface area contributed by atoms with Crippen molar-refractivity contribution < 1.29 is 5.11 Å². The van der Waals surface area contributed by atoms with Gasteiger partial charge in [-0.3, -0.25) is 4.98 Å². The van der Waals surface area contributed by atoms with Crippen molar-refractivity contribution in [2.45, 2.75) is 6.10 Å². The van der Waals surface area contributed by atoms with E-state index in [-0.39, 0.29) is 0 Å². The zero-order valence-corrected chi connectivity index (χ0v) is 7.41. The SMILES string of the molecule is OC(c1cccnc1)c1ncccn1. The first-order chi connectivity index (χ1) is 6.88. The number of nitrogens with zero attached hydrogens (tertiary/aromatic N) is 3. The highest BCUT2D eigenvalue weighted by atomic mass is 16.3. The topological polar surface area (TPSA) is 58.9 Å². The van der Waals surface area contributed by atoms with Crippen molar-refractivity contribution in [3.05, 3.63) is 54.4 Å². The molecule has 0 aromatic carbocycles. The second-order valence-electron chi connectivity index (χ2n) is 2.80. The minimum atomic E-state index is -0.801. The van der Waals surface area contributed by atoms with Gasteiger partial charge in [-0.25, -0.2) is 9.97 Å². The minimum absolute atomic E-state index is 0.389. The average Bonchev–Trinajstić information content (AvgIpc) is 2.30. The van der Waals surface area contributed by atoms with Crippen molar-refractivity contribution in [1.29, 1.82) is 0 Å². The standard InChI is InChI=1S/C10H9N3O/c14-9(8-3-1-4-11-7-8)10-12-5-2-6-13-10/h1-7,9,14H. The van der Waals surface area contributed by atoms with Gasteiger partial charge in [0.1, 0.15) is 6.10 Å². The first-order valence-electron chi connectivity index (χ1n) is 4.23. The lowest BCUT2D eigenvalue weighted by atomic mass is 10.1. The van der Waals surface area contributed by atoms with Crippen LogP contribution in [0.1, 0.15) is 17.5 Å². The number of aliphatic hydroxyl groups excluding tert-OH is 1. The maximum atomic E-state index is 9.83. The van der Waals surface area contributed by atoms with E-state index in [1.165, 1.54) is 0 Å². The molecular formula is C10H9N3O. The molecule has 2 aromatic heterocycles. The summed E-state index contributed by atoms with van der Waals surface area (Å²) in [5.41, 5.74) is 0.693. The van der Waals surface area contributed by atoms with E-state index in [0.717, 1.165) is 0 Å². The number of aliphatic hydroxyl groups is 1. The zero-order chi connectivity index (χ0) is 9.80. The molecule has 0 spiro atoms. The van der Waals surface area contributed by atoms with Crippen molar-refractivity contribution in [3.8, 4) is 0 Å². The van der Waals surface area contributed by atoms with E-state index in [9.17, 15) is 5.11 Å². The highest BCUT2D eigenvalue weighted by Gasteiger charge is 2.11. The molecule has 0 saturated carbocycles. The molecule has 4 heteroatoms. The van der Waals surface area contributed by atoms with Crippen LogP contribution >= 0.6 is 0 Å². The van der Waals surface area contributed by atoms with Gasteiger partial charge in [-0.15, -0.1) is 0 Å². The minimum Gasteiger partial charge on any atom is -0.380 e. The monoisotopic (exact) mass is 187 g/mol. The van der Waals surface area contributed by atoms with Gasteiger partial charge in [-0.2, -0.15) is 0 Å². The van der Waals surface area contributed by atoms with Gasteiger partial charge in [-0.1, -0.05) is 6.07 Å². The lowest BCUT2D eigenvalue weighted by molar-refractivity contribution is 0.209. The first-order valence-corrected chi connectivity index (χ1v) is 4.23. The number of aromatic nitrogens is 3. The third kappa shape index (κ3) is 1.75. The zero-order valence-electron chi connectivity index (χ0n) is 7.41. The number of hydrogen-bond acceptors (Lipinski definition) is 4. The van der Waals surface area contributed by atoms with Gasteiger partial charge in [0.15, 0.2) is 5.82 Å². The average molecular weight is 187 g/mol. The van der Waals surface area contributed by atoms with Gasteiger partial charge in [0.25, 0.3) is 0 Å². The van der Waals surface area contributed by atoms with Crippen LogP contribution in [0.2, 0.25) is 0 Å². The Balaban J connectivity index is 2.30. The predicted molar refractivity (Wildman–Crippen MR) is 50.3 cm³/mol. The molecule has 0 bridgehead atoms. The van der Waals surface area contributed by atoms with E-state index in [0.29, 0.717) is 11.4 Å². The normalized spacial score (nSPS) is 12.4. The Kier molecular flexibility index (Phi) is 2.46. The van der Waals surface area contributed by atoms with Gasteiger partial charge in [0.2, 0.25) is 0 Å². The Hall–Kier alpha value is -1.81. The second-order valence-corrected chi connectivity index (χ2v) is 2.80. The molecule has 0 aliphatic heterocycles. The lowest BCUT2D eigenvalue weighted by Crippen LogP contribution is -2.04. The number of rotatable bonds is 2. The quantitative estimate of drug-likeness (QED) is 0.760. The van der Waals surface area contributed by atoms with E-state index in [1.54, 1.807) is 43.0 Å². The van der Waals surface area contributed by atoms with E-state index < -0.39 is 6.10 Å². The highest BCUT2D eigenvalue weighted by Crippen LogP contribution is 2.15. The molecule has 0 fully saturated rings. The smallest absolute Gasteiger partial charge is 0.161 e. The molecule has 0 radical (unpaired) electrons. The molecule has 0 amide bonds. The maximum Gasteiger partial charge on any atom is 0.161 e. The van der Waals surface area contributed by atoms with Gasteiger partial charge < -0.3 is 5.11 Å². The van der Waals surface area contributed by atoms with Crippen molar-refractivity contribution in [1.82, 2.24) is 15.0 Å². The fourth-order valence-electron chi connectivity index (χ4n) is 1.14. The van der Waals surface area contributed by atoms with E-state index in [4.69, 9.17) is 0 Å². The Labute approximate surface area is 81.3 Å². The fourth-order valence-corrected chi connectivity index (χ4v) is 1.14. The van der Waals surface area contributed by atoms with Crippen LogP contribution in [0.25, 0.3) is 0 Å². The second kappa shape index (κ2) is 3.93. The molecule has 0 aliphatic rings. The molecular weight excluding hydrogens is 178 g/mol. The molecule has 2 heterocycles. The summed E-state index contributed by atoms with van der Waals surface area (Å²) in [5, 5.41) is 9.83. The van der Waals surface area contributed by atoms with Gasteiger partial charge in [0, 0.05) is 30.4 Å². The van der Waals surface area contributed by atoms with Gasteiger partial charge >= 0.3 is 0 Å². The molecule has 0 aliphatic carbocycles. The molecule has 1 atom stereocenters. The molecule has 2 rings (SSSR count). The molecule has 2 aromatic rings. The summed E-state index contributed by atoms with van der Waals surface area (Å²) < 4.78 is 0. The van der Waals surface area contributed by atoms with Crippen LogP contribution in [0, 0.1) is 0 Å². The number of pyridine rings is 1. The molecule has 1 N–H and O–H groups in total. The summed E-state index contributed by atoms with van der Waals surface area (Å²) in [6.07, 6.45) is 5.65. The van der Waals surface area contributed by atoms with Crippen LogP contribution < -0.4 is 0 Å². The van der Waals surface area contributed by atoms with Crippen molar-refractivity contribution in [2.75, 3.05) is 0 Å². The van der Waals surface area contributed by atoms with Crippen LogP contribution in [0.15, 0.2) is 43.0 Å². The van der Waals surface area contributed by atoms with E-state index in [1.807, 2.05) is 0 Å². The van der Waals surface area contributed by atoms with Crippen LogP contribution in [-0.4, -0.2) is 20.1 Å². The van der Waals surface area contributed by atoms with Crippen LogP contribution in [0.3, 0.4) is 0 Å². The molecule has 1 unspecified atom stereocenters. The van der Waals surface area contributed by atoms with E-state index in [2.05, 4.69) is 15.0 Å². The van der Waals surface area contributed by atoms with Gasteiger partial charge in [-0.05, 0) is 12.1 Å². The van der Waals surface area contributed by atoms with Crippen molar-refractivity contribution in [2.24, 2.45) is 0 Å². The third-order valence-corrected chi connectivity index (χ3v) is 1.83.